The zero-order chi connectivity index (χ0) is 22.4. The number of H-pyrrole nitrogens is 2. The van der Waals surface area contributed by atoms with Gasteiger partial charge in [-0.05, 0) is 62.9 Å². The average molecular weight is 428 g/mol. The summed E-state index contributed by atoms with van der Waals surface area (Å²) in [5, 5.41) is 11.7. The highest BCUT2D eigenvalue weighted by Crippen LogP contribution is 2.29. The SMILES string of the molecule is CC1=NNC(C)C1c1ccc2nc(C(N)Cc3ccc(-c4c(C)n[nH]c4C)cc3)[nH]c2c1. The van der Waals surface area contributed by atoms with Gasteiger partial charge in [0.05, 0.1) is 28.8 Å². The van der Waals surface area contributed by atoms with E-state index in [1.165, 1.54) is 16.7 Å². The van der Waals surface area contributed by atoms with Gasteiger partial charge in [-0.1, -0.05) is 30.3 Å². The Morgan fingerprint density at radius 3 is 2.50 bits per heavy atom. The van der Waals surface area contributed by atoms with Crippen molar-refractivity contribution in [3.8, 4) is 11.1 Å². The number of imidazole rings is 1. The molecule has 5 N–H and O–H groups in total. The molecular weight excluding hydrogens is 398 g/mol. The molecule has 5 rings (SSSR count). The Morgan fingerprint density at radius 2 is 1.84 bits per heavy atom. The topological polar surface area (TPSA) is 108 Å². The minimum atomic E-state index is -0.204. The Labute approximate surface area is 187 Å². The van der Waals surface area contributed by atoms with Crippen molar-refractivity contribution >= 4 is 16.7 Å². The van der Waals surface area contributed by atoms with Crippen molar-refractivity contribution in [2.75, 3.05) is 0 Å². The van der Waals surface area contributed by atoms with Crippen LogP contribution in [0.3, 0.4) is 0 Å². The summed E-state index contributed by atoms with van der Waals surface area (Å²) in [6.45, 7) is 8.29. The van der Waals surface area contributed by atoms with Crippen molar-refractivity contribution in [3.05, 3.63) is 70.8 Å². The van der Waals surface area contributed by atoms with Crippen LogP contribution in [0.15, 0.2) is 47.6 Å². The number of nitrogens with two attached hydrogens (primary N) is 1. The molecule has 3 unspecified atom stereocenters. The highest BCUT2D eigenvalue weighted by molar-refractivity contribution is 5.91. The lowest BCUT2D eigenvalue weighted by Crippen LogP contribution is -2.23. The summed E-state index contributed by atoms with van der Waals surface area (Å²) in [7, 11) is 0. The summed E-state index contributed by atoms with van der Waals surface area (Å²) in [6.07, 6.45) is 0.714. The van der Waals surface area contributed by atoms with E-state index >= 15 is 0 Å². The number of aromatic nitrogens is 4. The first-order chi connectivity index (χ1) is 15.4. The Morgan fingerprint density at radius 1 is 1.06 bits per heavy atom. The van der Waals surface area contributed by atoms with E-state index in [4.69, 9.17) is 10.7 Å². The maximum atomic E-state index is 6.54. The Hall–Kier alpha value is -3.45. The number of nitrogens with one attached hydrogen (secondary N) is 3. The highest BCUT2D eigenvalue weighted by Gasteiger charge is 2.27. The molecule has 32 heavy (non-hydrogen) atoms. The van der Waals surface area contributed by atoms with Gasteiger partial charge in [-0.15, -0.1) is 0 Å². The fourth-order valence-electron chi connectivity index (χ4n) is 4.79. The van der Waals surface area contributed by atoms with E-state index in [-0.39, 0.29) is 18.0 Å². The first-order valence-corrected chi connectivity index (χ1v) is 11.1. The van der Waals surface area contributed by atoms with Crippen molar-refractivity contribution in [3.63, 3.8) is 0 Å². The van der Waals surface area contributed by atoms with E-state index in [1.54, 1.807) is 0 Å². The van der Waals surface area contributed by atoms with Crippen LogP contribution in [0.5, 0.6) is 0 Å². The van der Waals surface area contributed by atoms with Crippen molar-refractivity contribution in [1.82, 2.24) is 25.6 Å². The van der Waals surface area contributed by atoms with Crippen LogP contribution in [-0.2, 0) is 6.42 Å². The summed E-state index contributed by atoms with van der Waals surface area (Å²) < 4.78 is 0. The number of aryl methyl sites for hydroxylation is 2. The van der Waals surface area contributed by atoms with E-state index < -0.39 is 0 Å². The second-order valence-electron chi connectivity index (χ2n) is 8.86. The largest absolute Gasteiger partial charge is 0.341 e. The third-order valence-electron chi connectivity index (χ3n) is 6.46. The van der Waals surface area contributed by atoms with Gasteiger partial charge in [0.2, 0.25) is 0 Å². The fraction of sp³-hybridized carbons (Fsp3) is 0.320. The van der Waals surface area contributed by atoms with Gasteiger partial charge in [0, 0.05) is 22.9 Å². The number of hydrogen-bond donors (Lipinski definition) is 4. The summed E-state index contributed by atoms with van der Waals surface area (Å²) in [5.41, 5.74) is 19.6. The molecule has 0 aliphatic carbocycles. The summed E-state index contributed by atoms with van der Waals surface area (Å²) >= 11 is 0. The van der Waals surface area contributed by atoms with Gasteiger partial charge in [0.1, 0.15) is 5.82 Å². The number of fused-ring (bicyclic) bond motifs is 1. The molecule has 3 atom stereocenters. The van der Waals surface area contributed by atoms with Gasteiger partial charge in [-0.3, -0.25) is 5.10 Å². The van der Waals surface area contributed by atoms with Crippen LogP contribution in [0.2, 0.25) is 0 Å². The molecular formula is C25H29N7. The molecule has 0 spiro atoms. The first kappa shape index (κ1) is 20.5. The lowest BCUT2D eigenvalue weighted by molar-refractivity contribution is 0.589. The Bertz CT molecular complexity index is 1280. The molecule has 2 aromatic carbocycles. The molecule has 0 saturated carbocycles. The van der Waals surface area contributed by atoms with Gasteiger partial charge >= 0.3 is 0 Å². The second-order valence-corrected chi connectivity index (χ2v) is 8.86. The lowest BCUT2D eigenvalue weighted by Gasteiger charge is -2.15. The van der Waals surface area contributed by atoms with Gasteiger partial charge in [0.25, 0.3) is 0 Å². The molecule has 0 radical (unpaired) electrons. The maximum Gasteiger partial charge on any atom is 0.124 e. The van der Waals surface area contributed by atoms with Crippen LogP contribution < -0.4 is 11.2 Å². The third kappa shape index (κ3) is 3.58. The average Bonchev–Trinajstić information content (AvgIpc) is 3.45. The molecule has 164 valence electrons. The van der Waals surface area contributed by atoms with Gasteiger partial charge in [-0.25, -0.2) is 4.98 Å². The van der Waals surface area contributed by atoms with E-state index in [9.17, 15) is 0 Å². The predicted molar refractivity (Wildman–Crippen MR) is 129 cm³/mol. The predicted octanol–water partition coefficient (Wildman–Crippen LogP) is 4.26. The molecule has 2 aromatic heterocycles. The molecule has 4 aromatic rings. The molecule has 1 aliphatic heterocycles. The van der Waals surface area contributed by atoms with Crippen LogP contribution in [0.4, 0.5) is 0 Å². The van der Waals surface area contributed by atoms with Crippen molar-refractivity contribution in [2.45, 2.75) is 52.1 Å². The van der Waals surface area contributed by atoms with Gasteiger partial charge in [-0.2, -0.15) is 10.2 Å². The van der Waals surface area contributed by atoms with Crippen LogP contribution in [-0.4, -0.2) is 31.9 Å². The number of aromatic amines is 2. The normalized spacial score (nSPS) is 19.2. The van der Waals surface area contributed by atoms with Crippen LogP contribution in [0, 0.1) is 13.8 Å². The van der Waals surface area contributed by atoms with Crippen molar-refractivity contribution in [2.24, 2.45) is 10.8 Å². The van der Waals surface area contributed by atoms with Gasteiger partial charge in [0.15, 0.2) is 0 Å². The van der Waals surface area contributed by atoms with E-state index in [0.717, 1.165) is 39.5 Å². The molecule has 1 aliphatic rings. The molecule has 7 nitrogen and oxygen atoms in total. The smallest absolute Gasteiger partial charge is 0.124 e. The van der Waals surface area contributed by atoms with Crippen LogP contribution >= 0.6 is 0 Å². The van der Waals surface area contributed by atoms with E-state index in [0.29, 0.717) is 6.42 Å². The summed E-state index contributed by atoms with van der Waals surface area (Å²) in [6, 6.07) is 15.0. The number of rotatable bonds is 5. The quantitative estimate of drug-likeness (QED) is 0.381. The van der Waals surface area contributed by atoms with E-state index in [1.807, 2.05) is 13.8 Å². The van der Waals surface area contributed by atoms with Crippen LogP contribution in [0.1, 0.15) is 54.1 Å². The lowest BCUT2D eigenvalue weighted by atomic mass is 9.90. The van der Waals surface area contributed by atoms with Crippen molar-refractivity contribution in [1.29, 1.82) is 0 Å². The monoisotopic (exact) mass is 427 g/mol. The number of hydrazone groups is 1. The zero-order valence-electron chi connectivity index (χ0n) is 18.9. The second kappa shape index (κ2) is 7.91. The summed E-state index contributed by atoms with van der Waals surface area (Å²) in [4.78, 5) is 8.21. The van der Waals surface area contributed by atoms with Gasteiger partial charge < -0.3 is 16.1 Å². The zero-order valence-corrected chi connectivity index (χ0v) is 18.9. The Balaban J connectivity index is 1.35. The molecule has 0 bridgehead atoms. The molecule has 3 heterocycles. The number of nitrogens with zero attached hydrogens (tertiary/aromatic N) is 3. The summed E-state index contributed by atoms with van der Waals surface area (Å²) in [5.74, 6) is 1.09. The standard InChI is InChI=1S/C25H29N7/c1-13-23(14(2)30-29-13)18-7-5-17(6-8-18)11-20(26)25-27-21-10-9-19(12-22(21)28-25)24-15(3)31-32-16(24)4/h5-10,12,15,20,24,31H,11,26H2,1-4H3,(H,27,28)(H,29,30). The van der Waals surface area contributed by atoms with Crippen molar-refractivity contribution < 1.29 is 0 Å². The number of hydrogen-bond acceptors (Lipinski definition) is 5. The van der Waals surface area contributed by atoms with E-state index in [2.05, 4.69) is 82.0 Å². The minimum Gasteiger partial charge on any atom is -0.341 e. The maximum absolute atomic E-state index is 6.54. The molecule has 0 fully saturated rings. The molecule has 0 saturated heterocycles. The molecule has 0 amide bonds. The third-order valence-corrected chi connectivity index (χ3v) is 6.46. The highest BCUT2D eigenvalue weighted by atomic mass is 15.3. The minimum absolute atomic E-state index is 0.204. The molecule has 7 heteroatoms. The Kier molecular flexibility index (Phi) is 5.06. The fourth-order valence-corrected chi connectivity index (χ4v) is 4.79. The first-order valence-electron chi connectivity index (χ1n) is 11.1. The van der Waals surface area contributed by atoms with Crippen LogP contribution in [0.25, 0.3) is 22.2 Å². The number of benzene rings is 2.